The Kier molecular flexibility index (Phi) is 4.02. The molecule has 4 nitrogen and oxygen atoms in total. The molecule has 0 spiro atoms. The highest BCUT2D eigenvalue weighted by molar-refractivity contribution is 5.69. The molecule has 1 aliphatic heterocycles. The molecule has 0 aromatic carbocycles. The van der Waals surface area contributed by atoms with Crippen molar-refractivity contribution in [3.05, 3.63) is 0 Å². The molecule has 0 aromatic heterocycles. The van der Waals surface area contributed by atoms with E-state index < -0.39 is 0 Å². The maximum Gasteiger partial charge on any atom is 0.409 e. The quantitative estimate of drug-likeness (QED) is 0.653. The molecule has 1 N–H and O–H groups in total. The number of unbranched alkanes of at least 4 members (excludes halogenated alkanes) is 1. The molecule has 0 bridgehead atoms. The first-order chi connectivity index (χ1) is 6.20. The maximum atomic E-state index is 11.0. The second kappa shape index (κ2) is 5.07. The van der Waals surface area contributed by atoms with Crippen LogP contribution in [0.15, 0.2) is 0 Å². The lowest BCUT2D eigenvalue weighted by molar-refractivity contribution is 0.156. The lowest BCUT2D eigenvalue weighted by Gasteiger charge is -2.12. The lowest BCUT2D eigenvalue weighted by Crippen LogP contribution is -2.25. The molecule has 1 unspecified atom stereocenters. The highest BCUT2D eigenvalue weighted by atomic mass is 16.6. The second-order valence-electron chi connectivity index (χ2n) is 3.45. The molecule has 76 valence electrons. The van der Waals surface area contributed by atoms with Gasteiger partial charge in [0.1, 0.15) is 6.61 Å². The van der Waals surface area contributed by atoms with Gasteiger partial charge < -0.3 is 14.7 Å². The van der Waals surface area contributed by atoms with Crippen molar-refractivity contribution in [2.45, 2.75) is 32.3 Å². The van der Waals surface area contributed by atoms with E-state index in [1.54, 1.807) is 11.8 Å². The Morgan fingerprint density at radius 2 is 2.38 bits per heavy atom. The molecule has 0 aliphatic carbocycles. The number of carbonyl (C=O) groups excluding carboxylic acids is 1. The van der Waals surface area contributed by atoms with Crippen molar-refractivity contribution in [3.63, 3.8) is 0 Å². The van der Waals surface area contributed by atoms with Gasteiger partial charge in [0, 0.05) is 6.54 Å². The molecule has 1 rings (SSSR count). The molecular formula is C9H17NO3. The Hall–Kier alpha value is -0.770. The van der Waals surface area contributed by atoms with E-state index in [1.807, 2.05) is 0 Å². The van der Waals surface area contributed by atoms with E-state index in [1.165, 1.54) is 0 Å². The molecule has 1 heterocycles. The zero-order valence-corrected chi connectivity index (χ0v) is 8.03. The van der Waals surface area contributed by atoms with Crippen molar-refractivity contribution in [1.29, 1.82) is 0 Å². The number of hydrogen-bond donors (Lipinski definition) is 1. The van der Waals surface area contributed by atoms with Crippen molar-refractivity contribution in [3.8, 4) is 0 Å². The Bertz CT molecular complexity index is 170. The van der Waals surface area contributed by atoms with Crippen LogP contribution in [0.4, 0.5) is 4.79 Å². The van der Waals surface area contributed by atoms with Crippen LogP contribution in [0.5, 0.6) is 0 Å². The van der Waals surface area contributed by atoms with Gasteiger partial charge in [0.25, 0.3) is 0 Å². The predicted molar refractivity (Wildman–Crippen MR) is 48.5 cm³/mol. The van der Waals surface area contributed by atoms with Gasteiger partial charge in [0.05, 0.1) is 12.6 Å². The van der Waals surface area contributed by atoms with Gasteiger partial charge in [-0.25, -0.2) is 4.79 Å². The van der Waals surface area contributed by atoms with E-state index in [2.05, 4.69) is 0 Å². The predicted octanol–water partition coefficient (Wildman–Crippen LogP) is 0.990. The third-order valence-corrected chi connectivity index (χ3v) is 2.14. The first-order valence-electron chi connectivity index (χ1n) is 4.80. The smallest absolute Gasteiger partial charge is 0.409 e. The molecule has 1 aliphatic rings. The van der Waals surface area contributed by atoms with Gasteiger partial charge in [0.2, 0.25) is 0 Å². The van der Waals surface area contributed by atoms with Crippen LogP contribution < -0.4 is 0 Å². The van der Waals surface area contributed by atoms with Gasteiger partial charge >= 0.3 is 6.09 Å². The molecule has 4 heteroatoms. The minimum atomic E-state index is -0.231. The number of amides is 1. The fraction of sp³-hybridized carbons (Fsp3) is 0.889. The van der Waals surface area contributed by atoms with Gasteiger partial charge in [-0.2, -0.15) is 0 Å². The zero-order valence-electron chi connectivity index (χ0n) is 8.03. The van der Waals surface area contributed by atoms with Crippen molar-refractivity contribution >= 4 is 6.09 Å². The van der Waals surface area contributed by atoms with Gasteiger partial charge in [-0.1, -0.05) is 0 Å². The van der Waals surface area contributed by atoms with Crippen molar-refractivity contribution in [2.24, 2.45) is 0 Å². The highest BCUT2D eigenvalue weighted by Crippen LogP contribution is 2.07. The summed E-state index contributed by atoms with van der Waals surface area (Å²) in [5.74, 6) is 0. The summed E-state index contributed by atoms with van der Waals surface area (Å²) in [6.07, 6.45) is 2.28. The number of ether oxygens (including phenoxy) is 1. The van der Waals surface area contributed by atoms with Crippen molar-refractivity contribution in [1.82, 2.24) is 4.90 Å². The van der Waals surface area contributed by atoms with E-state index in [4.69, 9.17) is 9.84 Å². The standard InChI is InChI=1S/C9H17NO3/c1-8(11)4-2-3-5-10-6-7-13-9(10)12/h8,11H,2-7H2,1H3. The molecular weight excluding hydrogens is 170 g/mol. The van der Waals surface area contributed by atoms with Crippen LogP contribution >= 0.6 is 0 Å². The number of hydrogen-bond acceptors (Lipinski definition) is 3. The van der Waals surface area contributed by atoms with Crippen LogP contribution in [-0.4, -0.2) is 41.9 Å². The largest absolute Gasteiger partial charge is 0.448 e. The number of aliphatic hydroxyl groups is 1. The molecule has 1 amide bonds. The fourth-order valence-corrected chi connectivity index (χ4v) is 1.37. The first kappa shape index (κ1) is 10.3. The third kappa shape index (κ3) is 3.63. The summed E-state index contributed by atoms with van der Waals surface area (Å²) in [7, 11) is 0. The molecule has 1 fully saturated rings. The maximum absolute atomic E-state index is 11.0. The molecule has 1 saturated heterocycles. The second-order valence-corrected chi connectivity index (χ2v) is 3.45. The number of rotatable bonds is 5. The topological polar surface area (TPSA) is 49.8 Å². The van der Waals surface area contributed by atoms with Crippen LogP contribution in [0, 0.1) is 0 Å². The van der Waals surface area contributed by atoms with Crippen LogP contribution in [-0.2, 0) is 4.74 Å². The van der Waals surface area contributed by atoms with E-state index in [9.17, 15) is 4.79 Å². The average Bonchev–Trinajstić information content (AvgIpc) is 2.45. The van der Waals surface area contributed by atoms with E-state index in [0.29, 0.717) is 13.2 Å². The van der Waals surface area contributed by atoms with Gasteiger partial charge in [0.15, 0.2) is 0 Å². The normalized spacial score (nSPS) is 18.9. The number of carbonyl (C=O) groups is 1. The zero-order chi connectivity index (χ0) is 9.68. The van der Waals surface area contributed by atoms with Crippen molar-refractivity contribution in [2.75, 3.05) is 19.7 Å². The number of nitrogens with zero attached hydrogens (tertiary/aromatic N) is 1. The van der Waals surface area contributed by atoms with Gasteiger partial charge in [-0.05, 0) is 26.2 Å². The summed E-state index contributed by atoms with van der Waals surface area (Å²) in [4.78, 5) is 12.7. The average molecular weight is 187 g/mol. The van der Waals surface area contributed by atoms with Crippen LogP contribution in [0.3, 0.4) is 0 Å². The van der Waals surface area contributed by atoms with Crippen LogP contribution in [0.2, 0.25) is 0 Å². The summed E-state index contributed by atoms with van der Waals surface area (Å²) in [6, 6.07) is 0. The SMILES string of the molecule is CC(O)CCCCN1CCOC1=O. The minimum Gasteiger partial charge on any atom is -0.448 e. The Balaban J connectivity index is 2.02. The third-order valence-electron chi connectivity index (χ3n) is 2.14. The van der Waals surface area contributed by atoms with E-state index in [-0.39, 0.29) is 12.2 Å². The van der Waals surface area contributed by atoms with Crippen LogP contribution in [0.1, 0.15) is 26.2 Å². The van der Waals surface area contributed by atoms with Gasteiger partial charge in [-0.15, -0.1) is 0 Å². The first-order valence-corrected chi connectivity index (χ1v) is 4.80. The van der Waals surface area contributed by atoms with Gasteiger partial charge in [-0.3, -0.25) is 0 Å². The monoisotopic (exact) mass is 187 g/mol. The molecule has 0 aromatic rings. The Morgan fingerprint density at radius 1 is 1.62 bits per heavy atom. The van der Waals surface area contributed by atoms with E-state index in [0.717, 1.165) is 25.8 Å². The summed E-state index contributed by atoms with van der Waals surface area (Å²) >= 11 is 0. The van der Waals surface area contributed by atoms with E-state index >= 15 is 0 Å². The summed E-state index contributed by atoms with van der Waals surface area (Å²) < 4.78 is 4.78. The minimum absolute atomic E-state index is 0.197. The van der Waals surface area contributed by atoms with Crippen LogP contribution in [0.25, 0.3) is 0 Å². The summed E-state index contributed by atoms with van der Waals surface area (Å²) in [5.41, 5.74) is 0. The Labute approximate surface area is 78.5 Å². The summed E-state index contributed by atoms with van der Waals surface area (Å²) in [5, 5.41) is 8.99. The number of cyclic esters (lactones) is 1. The highest BCUT2D eigenvalue weighted by Gasteiger charge is 2.20. The fourth-order valence-electron chi connectivity index (χ4n) is 1.37. The molecule has 0 saturated carbocycles. The summed E-state index contributed by atoms with van der Waals surface area (Å²) in [6.45, 7) is 3.78. The molecule has 13 heavy (non-hydrogen) atoms. The Morgan fingerprint density at radius 3 is 2.92 bits per heavy atom. The lowest BCUT2D eigenvalue weighted by atomic mass is 10.2. The molecule has 0 radical (unpaired) electrons. The molecule has 1 atom stereocenters. The van der Waals surface area contributed by atoms with Crippen molar-refractivity contribution < 1.29 is 14.6 Å². The number of aliphatic hydroxyl groups excluding tert-OH is 1.